The van der Waals surface area contributed by atoms with Gasteiger partial charge < -0.3 is 10.0 Å². The van der Waals surface area contributed by atoms with Gasteiger partial charge in [-0.2, -0.15) is 0 Å². The number of carboxylic acids is 1. The second kappa shape index (κ2) is 5.71. The third-order valence-electron chi connectivity index (χ3n) is 3.46. The van der Waals surface area contributed by atoms with E-state index in [-0.39, 0.29) is 5.91 Å². The number of rotatable bonds is 3. The van der Waals surface area contributed by atoms with E-state index in [1.807, 2.05) is 24.0 Å². The lowest BCUT2D eigenvalue weighted by Crippen LogP contribution is -2.53. The summed E-state index contributed by atoms with van der Waals surface area (Å²) < 4.78 is 0. The molecule has 1 N–H and O–H groups in total. The van der Waals surface area contributed by atoms with E-state index < -0.39 is 12.0 Å². The van der Waals surface area contributed by atoms with Crippen LogP contribution in [0.2, 0.25) is 0 Å². The molecule has 1 aliphatic rings. The number of piperazine rings is 1. The molecule has 1 amide bonds. The zero-order chi connectivity index (χ0) is 14.0. The first-order chi connectivity index (χ1) is 8.99. The van der Waals surface area contributed by atoms with Crippen LogP contribution in [0.4, 0.5) is 0 Å². The van der Waals surface area contributed by atoms with E-state index >= 15 is 0 Å². The van der Waals surface area contributed by atoms with Crippen LogP contribution in [0.15, 0.2) is 12.1 Å². The highest BCUT2D eigenvalue weighted by Gasteiger charge is 2.27. The Labute approximate surface area is 116 Å². The van der Waals surface area contributed by atoms with Crippen molar-refractivity contribution in [3.8, 4) is 0 Å². The Kier molecular flexibility index (Phi) is 4.21. The van der Waals surface area contributed by atoms with Crippen LogP contribution in [0.25, 0.3) is 0 Å². The Morgan fingerprint density at radius 3 is 2.37 bits per heavy atom. The largest absolute Gasteiger partial charge is 0.480 e. The Hall–Kier alpha value is -1.40. The van der Waals surface area contributed by atoms with Gasteiger partial charge >= 0.3 is 5.97 Å². The third-order valence-corrected chi connectivity index (χ3v) is 4.45. The lowest BCUT2D eigenvalue weighted by Gasteiger charge is -2.36. The Morgan fingerprint density at radius 1 is 1.26 bits per heavy atom. The van der Waals surface area contributed by atoms with Crippen LogP contribution >= 0.6 is 11.3 Å². The SMILES string of the molecule is Cc1ccc(C(=O)N2CCN(C(C)C(=O)O)CC2)s1. The van der Waals surface area contributed by atoms with Gasteiger partial charge in [0, 0.05) is 31.1 Å². The molecular weight excluding hydrogens is 264 g/mol. The first-order valence-corrected chi connectivity index (χ1v) is 7.13. The molecule has 5 nitrogen and oxygen atoms in total. The molecule has 0 radical (unpaired) electrons. The molecule has 0 bridgehead atoms. The Balaban J connectivity index is 1.93. The molecule has 0 spiro atoms. The van der Waals surface area contributed by atoms with Crippen molar-refractivity contribution in [1.29, 1.82) is 0 Å². The minimum Gasteiger partial charge on any atom is -0.480 e. The van der Waals surface area contributed by atoms with Gasteiger partial charge in [-0.1, -0.05) is 0 Å². The standard InChI is InChI=1S/C13H18N2O3S/c1-9-3-4-11(19-9)12(16)15-7-5-14(6-8-15)10(2)13(17)18/h3-4,10H,5-8H2,1-2H3,(H,17,18). The summed E-state index contributed by atoms with van der Waals surface area (Å²) in [4.78, 5) is 28.7. The zero-order valence-electron chi connectivity index (χ0n) is 11.1. The molecule has 0 aliphatic carbocycles. The predicted molar refractivity (Wildman–Crippen MR) is 73.6 cm³/mol. The number of thiophene rings is 1. The normalized spacial score (nSPS) is 18.3. The molecule has 1 aromatic rings. The number of hydrogen-bond donors (Lipinski definition) is 1. The molecule has 1 fully saturated rings. The molecule has 6 heteroatoms. The number of hydrogen-bond acceptors (Lipinski definition) is 4. The highest BCUT2D eigenvalue weighted by atomic mass is 32.1. The fraction of sp³-hybridized carbons (Fsp3) is 0.538. The van der Waals surface area contributed by atoms with Crippen molar-refractivity contribution < 1.29 is 14.7 Å². The lowest BCUT2D eigenvalue weighted by atomic mass is 10.2. The van der Waals surface area contributed by atoms with Crippen LogP contribution in [-0.2, 0) is 4.79 Å². The van der Waals surface area contributed by atoms with Gasteiger partial charge in [-0.3, -0.25) is 14.5 Å². The number of carbonyl (C=O) groups is 2. The molecule has 1 aromatic heterocycles. The van der Waals surface area contributed by atoms with Crippen molar-refractivity contribution in [2.24, 2.45) is 0 Å². The minimum atomic E-state index is -0.811. The lowest BCUT2D eigenvalue weighted by molar-refractivity contribution is -0.143. The van der Waals surface area contributed by atoms with Crippen LogP contribution < -0.4 is 0 Å². The molecule has 2 rings (SSSR count). The van der Waals surface area contributed by atoms with Gasteiger partial charge in [0.15, 0.2) is 0 Å². The number of carbonyl (C=O) groups excluding carboxylic acids is 1. The zero-order valence-corrected chi connectivity index (χ0v) is 11.9. The first kappa shape index (κ1) is 14.0. The number of aliphatic carboxylic acids is 1. The van der Waals surface area contributed by atoms with E-state index in [1.54, 1.807) is 11.8 Å². The van der Waals surface area contributed by atoms with Crippen molar-refractivity contribution >= 4 is 23.2 Å². The highest BCUT2D eigenvalue weighted by molar-refractivity contribution is 7.13. The van der Waals surface area contributed by atoms with Crippen molar-refractivity contribution in [2.45, 2.75) is 19.9 Å². The molecule has 19 heavy (non-hydrogen) atoms. The molecule has 2 heterocycles. The van der Waals surface area contributed by atoms with E-state index in [1.165, 1.54) is 11.3 Å². The van der Waals surface area contributed by atoms with Gasteiger partial charge in [0.25, 0.3) is 5.91 Å². The van der Waals surface area contributed by atoms with Crippen LogP contribution in [-0.4, -0.2) is 59.0 Å². The number of carboxylic acid groups (broad SMARTS) is 1. The number of aryl methyl sites for hydroxylation is 1. The van der Waals surface area contributed by atoms with Gasteiger partial charge in [0.05, 0.1) is 4.88 Å². The van der Waals surface area contributed by atoms with Crippen molar-refractivity contribution in [3.63, 3.8) is 0 Å². The van der Waals surface area contributed by atoms with Gasteiger partial charge in [-0.15, -0.1) is 11.3 Å². The maximum absolute atomic E-state index is 12.2. The summed E-state index contributed by atoms with van der Waals surface area (Å²) in [7, 11) is 0. The smallest absolute Gasteiger partial charge is 0.320 e. The monoisotopic (exact) mass is 282 g/mol. The highest BCUT2D eigenvalue weighted by Crippen LogP contribution is 2.18. The topological polar surface area (TPSA) is 60.9 Å². The molecule has 1 aliphatic heterocycles. The minimum absolute atomic E-state index is 0.0562. The van der Waals surface area contributed by atoms with Crippen molar-refractivity contribution in [1.82, 2.24) is 9.80 Å². The van der Waals surface area contributed by atoms with Gasteiger partial charge in [-0.25, -0.2) is 0 Å². The average Bonchev–Trinajstić information content (AvgIpc) is 2.84. The summed E-state index contributed by atoms with van der Waals surface area (Å²) in [6, 6.07) is 3.32. The molecule has 0 aromatic carbocycles. The molecule has 0 saturated carbocycles. The molecule has 1 unspecified atom stereocenters. The summed E-state index contributed by atoms with van der Waals surface area (Å²) in [6.45, 7) is 6.07. The van der Waals surface area contributed by atoms with E-state index in [0.717, 1.165) is 9.75 Å². The van der Waals surface area contributed by atoms with Crippen LogP contribution in [0, 0.1) is 6.92 Å². The molecule has 104 valence electrons. The number of amides is 1. The maximum Gasteiger partial charge on any atom is 0.320 e. The summed E-state index contributed by atoms with van der Waals surface area (Å²) in [5, 5.41) is 8.97. The Morgan fingerprint density at radius 2 is 1.89 bits per heavy atom. The molecule has 1 saturated heterocycles. The second-order valence-electron chi connectivity index (χ2n) is 4.75. The van der Waals surface area contributed by atoms with E-state index in [9.17, 15) is 9.59 Å². The molecular formula is C13H18N2O3S. The van der Waals surface area contributed by atoms with Gasteiger partial charge in [0.2, 0.25) is 0 Å². The first-order valence-electron chi connectivity index (χ1n) is 6.31. The van der Waals surface area contributed by atoms with Crippen LogP contribution in [0.1, 0.15) is 21.5 Å². The summed E-state index contributed by atoms with van der Waals surface area (Å²) in [5.74, 6) is -0.755. The van der Waals surface area contributed by atoms with Crippen LogP contribution in [0.5, 0.6) is 0 Å². The average molecular weight is 282 g/mol. The van der Waals surface area contributed by atoms with Crippen LogP contribution in [0.3, 0.4) is 0 Å². The molecule has 1 atom stereocenters. The maximum atomic E-state index is 12.2. The fourth-order valence-corrected chi connectivity index (χ4v) is 3.01. The summed E-state index contributed by atoms with van der Waals surface area (Å²) in [5.41, 5.74) is 0. The van der Waals surface area contributed by atoms with E-state index in [4.69, 9.17) is 5.11 Å². The van der Waals surface area contributed by atoms with Gasteiger partial charge in [-0.05, 0) is 26.0 Å². The van der Waals surface area contributed by atoms with E-state index in [0.29, 0.717) is 26.2 Å². The second-order valence-corrected chi connectivity index (χ2v) is 6.04. The van der Waals surface area contributed by atoms with Crippen molar-refractivity contribution in [2.75, 3.05) is 26.2 Å². The van der Waals surface area contributed by atoms with E-state index in [2.05, 4.69) is 0 Å². The predicted octanol–water partition coefficient (Wildman–Crippen LogP) is 1.29. The fourth-order valence-electron chi connectivity index (χ4n) is 2.17. The van der Waals surface area contributed by atoms with Gasteiger partial charge in [0.1, 0.15) is 6.04 Å². The quantitative estimate of drug-likeness (QED) is 0.907. The Bertz CT molecular complexity index is 478. The van der Waals surface area contributed by atoms with Crippen molar-refractivity contribution in [3.05, 3.63) is 21.9 Å². The number of nitrogens with zero attached hydrogens (tertiary/aromatic N) is 2. The summed E-state index contributed by atoms with van der Waals surface area (Å²) in [6.07, 6.45) is 0. The summed E-state index contributed by atoms with van der Waals surface area (Å²) >= 11 is 1.50. The third kappa shape index (κ3) is 3.13.